The Morgan fingerprint density at radius 2 is 1.44 bits per heavy atom. The van der Waals surface area contributed by atoms with Crippen molar-refractivity contribution in [3.63, 3.8) is 0 Å². The number of amides is 2. The molecule has 0 aliphatic carbocycles. The maximum absolute atomic E-state index is 12.4. The third-order valence-electron chi connectivity index (χ3n) is 5.09. The highest BCUT2D eigenvalue weighted by Crippen LogP contribution is 2.15. The van der Waals surface area contributed by atoms with Crippen molar-refractivity contribution < 1.29 is 23.9 Å². The molecule has 1 atom stereocenters. The van der Waals surface area contributed by atoms with Crippen molar-refractivity contribution in [2.24, 2.45) is 0 Å². The van der Waals surface area contributed by atoms with Crippen molar-refractivity contribution in [2.45, 2.75) is 26.4 Å². The Morgan fingerprint density at radius 3 is 2.08 bits per heavy atom. The molecule has 0 spiro atoms. The third-order valence-corrected chi connectivity index (χ3v) is 5.29. The number of benzene rings is 3. The molecule has 9 heteroatoms. The summed E-state index contributed by atoms with van der Waals surface area (Å²) >= 11 is 5.08. The highest BCUT2D eigenvalue weighted by atomic mass is 32.1. The van der Waals surface area contributed by atoms with E-state index in [1.165, 1.54) is 12.5 Å². The first-order chi connectivity index (χ1) is 17.3. The molecule has 1 unspecified atom stereocenters. The molecule has 0 radical (unpaired) electrons. The number of nitrogens with one attached hydrogen (secondary N) is 3. The molecule has 0 aliphatic heterocycles. The van der Waals surface area contributed by atoms with Crippen LogP contribution in [0, 0.1) is 0 Å². The number of carbonyl (C=O) groups is 3. The molecule has 0 aromatic heterocycles. The summed E-state index contributed by atoms with van der Waals surface area (Å²) in [5, 5.41) is 2.42. The molecule has 0 saturated heterocycles. The van der Waals surface area contributed by atoms with Crippen LogP contribution in [0.4, 0.5) is 0 Å². The summed E-state index contributed by atoms with van der Waals surface area (Å²) in [5.74, 6) is 0.0910. The van der Waals surface area contributed by atoms with Gasteiger partial charge in [0.15, 0.2) is 17.0 Å². The van der Waals surface area contributed by atoms with Gasteiger partial charge in [-0.2, -0.15) is 0 Å². The zero-order valence-electron chi connectivity index (χ0n) is 19.9. The van der Waals surface area contributed by atoms with E-state index in [0.717, 1.165) is 6.42 Å². The van der Waals surface area contributed by atoms with Crippen LogP contribution in [-0.4, -0.2) is 35.4 Å². The van der Waals surface area contributed by atoms with Gasteiger partial charge in [-0.3, -0.25) is 30.6 Å². The molecule has 8 nitrogen and oxygen atoms in total. The van der Waals surface area contributed by atoms with Crippen molar-refractivity contribution in [3.05, 3.63) is 95.6 Å². The van der Waals surface area contributed by atoms with Crippen LogP contribution in [-0.2, 0) is 11.2 Å². The molecule has 0 heterocycles. The van der Waals surface area contributed by atoms with E-state index < -0.39 is 17.9 Å². The van der Waals surface area contributed by atoms with Gasteiger partial charge >= 0.3 is 0 Å². The van der Waals surface area contributed by atoms with Gasteiger partial charge in [-0.05, 0) is 80.2 Å². The maximum Gasteiger partial charge on any atom is 0.279 e. The summed E-state index contributed by atoms with van der Waals surface area (Å²) in [4.78, 5) is 36.0. The molecular formula is C27H27N3O5S. The van der Waals surface area contributed by atoms with Crippen LogP contribution in [0.25, 0.3) is 0 Å². The fourth-order valence-corrected chi connectivity index (χ4v) is 3.23. The number of Topliss-reactive ketones (excluding diaryl/α,β-unsaturated/α-hetero) is 1. The normalized spacial score (nSPS) is 11.1. The lowest BCUT2D eigenvalue weighted by Gasteiger charge is -2.16. The fourth-order valence-electron chi connectivity index (χ4n) is 3.09. The second-order valence-corrected chi connectivity index (χ2v) is 8.25. The van der Waals surface area contributed by atoms with E-state index in [9.17, 15) is 14.4 Å². The molecule has 2 amide bonds. The lowest BCUT2D eigenvalue weighted by atomic mass is 10.1. The Hall–Kier alpha value is -4.24. The maximum atomic E-state index is 12.4. The fraction of sp³-hybridized carbons (Fsp3) is 0.185. The van der Waals surface area contributed by atoms with Gasteiger partial charge in [0.05, 0.1) is 6.61 Å². The number of thiocarbonyl (C=S) groups is 1. The molecule has 0 saturated carbocycles. The van der Waals surface area contributed by atoms with Gasteiger partial charge in [0.2, 0.25) is 0 Å². The number of hydrazine groups is 1. The average Bonchev–Trinajstić information content (AvgIpc) is 2.88. The van der Waals surface area contributed by atoms with E-state index in [-0.39, 0.29) is 10.9 Å². The molecule has 0 aliphatic rings. The molecule has 3 aromatic carbocycles. The second kappa shape index (κ2) is 13.0. The quantitative estimate of drug-likeness (QED) is 0.232. The van der Waals surface area contributed by atoms with E-state index >= 15 is 0 Å². The van der Waals surface area contributed by atoms with E-state index in [0.29, 0.717) is 29.2 Å². The average molecular weight is 506 g/mol. The van der Waals surface area contributed by atoms with Gasteiger partial charge in [0, 0.05) is 17.5 Å². The van der Waals surface area contributed by atoms with Crippen molar-refractivity contribution in [1.82, 2.24) is 16.2 Å². The first-order valence-electron chi connectivity index (χ1n) is 11.3. The van der Waals surface area contributed by atoms with Crippen LogP contribution in [0.15, 0.2) is 78.9 Å². The first-order valence-corrected chi connectivity index (χ1v) is 11.7. The van der Waals surface area contributed by atoms with Gasteiger partial charge in [-0.15, -0.1) is 0 Å². The molecule has 0 fully saturated rings. The molecule has 3 rings (SSSR count). The van der Waals surface area contributed by atoms with Gasteiger partial charge in [-0.1, -0.05) is 30.3 Å². The minimum absolute atomic E-state index is 0.0600. The molecule has 186 valence electrons. The predicted molar refractivity (Wildman–Crippen MR) is 140 cm³/mol. The third kappa shape index (κ3) is 8.21. The van der Waals surface area contributed by atoms with Crippen LogP contribution in [0.5, 0.6) is 11.5 Å². The minimum Gasteiger partial charge on any atom is -0.493 e. The Kier molecular flexibility index (Phi) is 9.53. The SMILES string of the molecule is CC(=O)c1ccc(OC(C)C(=O)NNC(=S)NC(=O)c2ccc(OCCc3ccccc3)cc2)cc1. The number of hydrogen-bond acceptors (Lipinski definition) is 6. The summed E-state index contributed by atoms with van der Waals surface area (Å²) in [6, 6.07) is 23.2. The van der Waals surface area contributed by atoms with E-state index in [4.69, 9.17) is 21.7 Å². The lowest BCUT2D eigenvalue weighted by Crippen LogP contribution is -2.51. The molecule has 36 heavy (non-hydrogen) atoms. The van der Waals surface area contributed by atoms with E-state index in [1.807, 2.05) is 30.3 Å². The Balaban J connectivity index is 1.39. The Labute approximate surface area is 215 Å². The largest absolute Gasteiger partial charge is 0.493 e. The van der Waals surface area contributed by atoms with Gasteiger partial charge in [-0.25, -0.2) is 0 Å². The van der Waals surface area contributed by atoms with Crippen LogP contribution in [0.2, 0.25) is 0 Å². The standard InChI is InChI=1S/C27H27N3O5S/c1-18(31)21-8-14-24(15-9-21)35-19(2)25(32)29-30-27(36)28-26(33)22-10-12-23(13-11-22)34-17-16-20-6-4-3-5-7-20/h3-15,19H,16-17H2,1-2H3,(H,29,32)(H2,28,30,33,36). The zero-order valence-corrected chi connectivity index (χ0v) is 20.8. The summed E-state index contributed by atoms with van der Waals surface area (Å²) in [6.07, 6.45) is -0.0709. The van der Waals surface area contributed by atoms with Crippen molar-refractivity contribution >= 4 is 34.9 Å². The van der Waals surface area contributed by atoms with Crippen molar-refractivity contribution in [3.8, 4) is 11.5 Å². The Morgan fingerprint density at radius 1 is 0.833 bits per heavy atom. The summed E-state index contributed by atoms with van der Waals surface area (Å²) in [7, 11) is 0. The lowest BCUT2D eigenvalue weighted by molar-refractivity contribution is -0.127. The van der Waals surface area contributed by atoms with Gasteiger partial charge < -0.3 is 9.47 Å². The highest BCUT2D eigenvalue weighted by molar-refractivity contribution is 7.80. The highest BCUT2D eigenvalue weighted by Gasteiger charge is 2.16. The van der Waals surface area contributed by atoms with Crippen LogP contribution in [0.3, 0.4) is 0 Å². The van der Waals surface area contributed by atoms with Gasteiger partial charge in [0.1, 0.15) is 11.5 Å². The number of rotatable bonds is 9. The Bertz CT molecular complexity index is 1200. The number of ketones is 1. The minimum atomic E-state index is -0.853. The molecule has 3 aromatic rings. The summed E-state index contributed by atoms with van der Waals surface area (Å²) in [6.45, 7) is 3.55. The van der Waals surface area contributed by atoms with Crippen molar-refractivity contribution in [2.75, 3.05) is 6.61 Å². The number of hydrogen-bond donors (Lipinski definition) is 3. The number of carbonyl (C=O) groups excluding carboxylic acids is 3. The predicted octanol–water partition coefficient (Wildman–Crippen LogP) is 3.61. The zero-order chi connectivity index (χ0) is 25.9. The smallest absolute Gasteiger partial charge is 0.279 e. The monoisotopic (exact) mass is 505 g/mol. The molecular weight excluding hydrogens is 478 g/mol. The van der Waals surface area contributed by atoms with E-state index in [1.54, 1.807) is 55.5 Å². The second-order valence-electron chi connectivity index (χ2n) is 7.85. The van der Waals surface area contributed by atoms with Crippen LogP contribution in [0.1, 0.15) is 40.1 Å². The van der Waals surface area contributed by atoms with Crippen molar-refractivity contribution in [1.29, 1.82) is 0 Å². The summed E-state index contributed by atoms with van der Waals surface area (Å²) in [5.41, 5.74) is 6.99. The van der Waals surface area contributed by atoms with Crippen LogP contribution < -0.4 is 25.6 Å². The number of ether oxygens (including phenoxy) is 2. The summed E-state index contributed by atoms with van der Waals surface area (Å²) < 4.78 is 11.3. The molecule has 3 N–H and O–H groups in total. The first kappa shape index (κ1) is 26.4. The van der Waals surface area contributed by atoms with Gasteiger partial charge in [0.25, 0.3) is 11.8 Å². The van der Waals surface area contributed by atoms with Crippen LogP contribution >= 0.6 is 12.2 Å². The topological polar surface area (TPSA) is 106 Å². The van der Waals surface area contributed by atoms with E-state index in [2.05, 4.69) is 16.2 Å². The molecule has 0 bridgehead atoms.